The SMILES string of the molecule is CC(=O)N1CCC(c2cc3nc(C)c(CCC(=O)N4CCOCC4)c(C)n3n2)C1. The molecule has 0 saturated carbocycles. The van der Waals surface area contributed by atoms with Crippen molar-refractivity contribution in [3.8, 4) is 0 Å². The Hall–Kier alpha value is -2.48. The van der Waals surface area contributed by atoms with Gasteiger partial charge in [0.25, 0.3) is 0 Å². The van der Waals surface area contributed by atoms with E-state index >= 15 is 0 Å². The molecule has 29 heavy (non-hydrogen) atoms. The maximum atomic E-state index is 12.5. The molecule has 1 atom stereocenters. The molecule has 0 aromatic carbocycles. The van der Waals surface area contributed by atoms with Crippen LogP contribution in [0.2, 0.25) is 0 Å². The molecule has 4 heterocycles. The molecule has 8 heteroatoms. The van der Waals surface area contributed by atoms with Crippen LogP contribution in [0.15, 0.2) is 6.07 Å². The number of rotatable bonds is 4. The summed E-state index contributed by atoms with van der Waals surface area (Å²) in [5.74, 6) is 0.545. The lowest BCUT2D eigenvalue weighted by molar-refractivity contribution is -0.135. The highest BCUT2D eigenvalue weighted by molar-refractivity contribution is 5.76. The maximum absolute atomic E-state index is 12.5. The van der Waals surface area contributed by atoms with Crippen molar-refractivity contribution in [3.05, 3.63) is 28.7 Å². The summed E-state index contributed by atoms with van der Waals surface area (Å²) in [5, 5.41) is 4.81. The Morgan fingerprint density at radius 3 is 2.62 bits per heavy atom. The first-order valence-electron chi connectivity index (χ1n) is 10.4. The molecular formula is C21H29N5O3. The minimum absolute atomic E-state index is 0.119. The Morgan fingerprint density at radius 1 is 1.17 bits per heavy atom. The van der Waals surface area contributed by atoms with Crippen LogP contribution < -0.4 is 0 Å². The first kappa shape index (κ1) is 19.8. The number of carbonyl (C=O) groups is 2. The average molecular weight is 399 g/mol. The first-order valence-corrected chi connectivity index (χ1v) is 10.4. The predicted octanol–water partition coefficient (Wildman–Crippen LogP) is 1.47. The molecule has 0 radical (unpaired) electrons. The van der Waals surface area contributed by atoms with Crippen LogP contribution in [0.3, 0.4) is 0 Å². The fraction of sp³-hybridized carbons (Fsp3) is 0.619. The number of ether oxygens (including phenoxy) is 1. The predicted molar refractivity (Wildman–Crippen MR) is 108 cm³/mol. The largest absolute Gasteiger partial charge is 0.378 e. The maximum Gasteiger partial charge on any atom is 0.223 e. The second-order valence-electron chi connectivity index (χ2n) is 8.04. The van der Waals surface area contributed by atoms with E-state index in [-0.39, 0.29) is 17.7 Å². The van der Waals surface area contributed by atoms with E-state index in [2.05, 4.69) is 0 Å². The van der Waals surface area contributed by atoms with Crippen LogP contribution >= 0.6 is 0 Å². The van der Waals surface area contributed by atoms with Gasteiger partial charge in [-0.2, -0.15) is 5.10 Å². The standard InChI is InChI=1S/C21H29N5O3/c1-14-18(4-5-21(28)24-8-10-29-11-9-24)15(2)26-20(22-14)12-19(23-26)17-6-7-25(13-17)16(3)27/h12,17H,4-11,13H2,1-3H3. The number of likely N-dealkylation sites (tertiary alicyclic amines) is 1. The normalized spacial score (nSPS) is 19.9. The number of aryl methyl sites for hydroxylation is 2. The molecule has 0 bridgehead atoms. The van der Waals surface area contributed by atoms with E-state index in [4.69, 9.17) is 14.8 Å². The van der Waals surface area contributed by atoms with Gasteiger partial charge in [0.1, 0.15) is 0 Å². The van der Waals surface area contributed by atoms with E-state index in [1.807, 2.05) is 34.2 Å². The lowest BCUT2D eigenvalue weighted by Gasteiger charge is -2.27. The van der Waals surface area contributed by atoms with Crippen LogP contribution in [0.25, 0.3) is 5.65 Å². The molecule has 2 aliphatic heterocycles. The van der Waals surface area contributed by atoms with Gasteiger partial charge >= 0.3 is 0 Å². The van der Waals surface area contributed by atoms with Gasteiger partial charge in [-0.1, -0.05) is 0 Å². The van der Waals surface area contributed by atoms with E-state index in [0.717, 1.165) is 47.8 Å². The van der Waals surface area contributed by atoms with Crippen molar-refractivity contribution in [1.82, 2.24) is 24.4 Å². The molecule has 0 spiro atoms. The van der Waals surface area contributed by atoms with Gasteiger partial charge in [-0.05, 0) is 32.3 Å². The summed E-state index contributed by atoms with van der Waals surface area (Å²) in [6.07, 6.45) is 2.06. The molecule has 4 rings (SSSR count). The van der Waals surface area contributed by atoms with Gasteiger partial charge in [0.05, 0.1) is 18.9 Å². The highest BCUT2D eigenvalue weighted by Gasteiger charge is 2.28. The van der Waals surface area contributed by atoms with Crippen molar-refractivity contribution < 1.29 is 14.3 Å². The third-order valence-electron chi connectivity index (χ3n) is 6.19. The average Bonchev–Trinajstić information content (AvgIpc) is 3.35. The number of carbonyl (C=O) groups excluding carboxylic acids is 2. The third-order valence-corrected chi connectivity index (χ3v) is 6.19. The lowest BCUT2D eigenvalue weighted by Crippen LogP contribution is -2.40. The molecule has 8 nitrogen and oxygen atoms in total. The Morgan fingerprint density at radius 2 is 1.93 bits per heavy atom. The van der Waals surface area contributed by atoms with Crippen molar-refractivity contribution >= 4 is 17.5 Å². The quantitative estimate of drug-likeness (QED) is 0.778. The fourth-order valence-corrected chi connectivity index (χ4v) is 4.40. The smallest absolute Gasteiger partial charge is 0.223 e. The van der Waals surface area contributed by atoms with E-state index in [1.165, 1.54) is 0 Å². The summed E-state index contributed by atoms with van der Waals surface area (Å²) in [6, 6.07) is 2.04. The zero-order valence-electron chi connectivity index (χ0n) is 17.5. The molecule has 2 saturated heterocycles. The molecule has 0 aliphatic carbocycles. The molecule has 1 unspecified atom stereocenters. The minimum Gasteiger partial charge on any atom is -0.378 e. The summed E-state index contributed by atoms with van der Waals surface area (Å²) >= 11 is 0. The van der Waals surface area contributed by atoms with E-state index in [0.29, 0.717) is 39.1 Å². The number of nitrogens with zero attached hydrogens (tertiary/aromatic N) is 5. The van der Waals surface area contributed by atoms with E-state index in [1.54, 1.807) is 6.92 Å². The van der Waals surface area contributed by atoms with Gasteiger partial charge in [0, 0.05) is 62.9 Å². The highest BCUT2D eigenvalue weighted by atomic mass is 16.5. The summed E-state index contributed by atoms with van der Waals surface area (Å²) in [6.45, 7) is 9.76. The fourth-order valence-electron chi connectivity index (χ4n) is 4.40. The van der Waals surface area contributed by atoms with Crippen LogP contribution in [-0.4, -0.2) is 75.6 Å². The molecule has 2 fully saturated rings. The number of aromatic nitrogens is 3. The van der Waals surface area contributed by atoms with Crippen molar-refractivity contribution in [2.75, 3.05) is 39.4 Å². The van der Waals surface area contributed by atoms with Gasteiger partial charge in [-0.25, -0.2) is 9.50 Å². The summed E-state index contributed by atoms with van der Waals surface area (Å²) in [5.41, 5.74) is 4.90. The van der Waals surface area contributed by atoms with Gasteiger partial charge in [0.15, 0.2) is 5.65 Å². The Labute approximate surface area is 170 Å². The van der Waals surface area contributed by atoms with Crippen LogP contribution in [0.5, 0.6) is 0 Å². The van der Waals surface area contributed by atoms with E-state index < -0.39 is 0 Å². The highest BCUT2D eigenvalue weighted by Crippen LogP contribution is 2.28. The van der Waals surface area contributed by atoms with Gasteiger partial charge in [0.2, 0.25) is 11.8 Å². The Balaban J connectivity index is 1.51. The molecule has 2 amide bonds. The van der Waals surface area contributed by atoms with E-state index in [9.17, 15) is 9.59 Å². The number of hydrogen-bond acceptors (Lipinski definition) is 5. The van der Waals surface area contributed by atoms with Gasteiger partial charge in [-0.3, -0.25) is 9.59 Å². The number of morpholine rings is 1. The van der Waals surface area contributed by atoms with Gasteiger partial charge in [-0.15, -0.1) is 0 Å². The third kappa shape index (κ3) is 3.99. The van der Waals surface area contributed by atoms with Gasteiger partial charge < -0.3 is 14.5 Å². The van der Waals surface area contributed by atoms with Crippen LogP contribution in [0, 0.1) is 13.8 Å². The van der Waals surface area contributed by atoms with Crippen molar-refractivity contribution in [1.29, 1.82) is 0 Å². The summed E-state index contributed by atoms with van der Waals surface area (Å²) in [4.78, 5) is 32.7. The number of amides is 2. The van der Waals surface area contributed by atoms with Crippen LogP contribution in [0.4, 0.5) is 0 Å². The molecule has 2 aromatic heterocycles. The van der Waals surface area contributed by atoms with Crippen LogP contribution in [0.1, 0.15) is 48.3 Å². The zero-order chi connectivity index (χ0) is 20.5. The van der Waals surface area contributed by atoms with Crippen molar-refractivity contribution in [3.63, 3.8) is 0 Å². The Kier molecular flexibility index (Phi) is 5.54. The van der Waals surface area contributed by atoms with Crippen molar-refractivity contribution in [2.45, 2.75) is 46.0 Å². The summed E-state index contributed by atoms with van der Waals surface area (Å²) in [7, 11) is 0. The molecular weight excluding hydrogens is 370 g/mol. The van der Waals surface area contributed by atoms with Crippen LogP contribution in [-0.2, 0) is 20.7 Å². The number of fused-ring (bicyclic) bond motifs is 1. The first-order chi connectivity index (χ1) is 13.9. The molecule has 2 aliphatic rings. The number of hydrogen-bond donors (Lipinski definition) is 0. The monoisotopic (exact) mass is 399 g/mol. The lowest BCUT2D eigenvalue weighted by atomic mass is 10.1. The zero-order valence-corrected chi connectivity index (χ0v) is 17.5. The van der Waals surface area contributed by atoms with Crippen molar-refractivity contribution in [2.24, 2.45) is 0 Å². The Bertz CT molecular complexity index is 932. The summed E-state index contributed by atoms with van der Waals surface area (Å²) < 4.78 is 7.22. The molecule has 0 N–H and O–H groups in total. The second-order valence-corrected chi connectivity index (χ2v) is 8.04. The second kappa shape index (κ2) is 8.10. The molecule has 2 aromatic rings. The minimum atomic E-state index is 0.119. The topological polar surface area (TPSA) is 80.0 Å². The molecule has 156 valence electrons.